The monoisotopic (exact) mass is 423 g/mol. The van der Waals surface area contributed by atoms with Gasteiger partial charge in [0.15, 0.2) is 11.5 Å². The zero-order chi connectivity index (χ0) is 21.3. The van der Waals surface area contributed by atoms with Crippen molar-refractivity contribution < 1.29 is 4.79 Å². The Kier molecular flexibility index (Phi) is 5.50. The summed E-state index contributed by atoms with van der Waals surface area (Å²) in [6.45, 7) is 5.99. The molecule has 8 nitrogen and oxygen atoms in total. The molecule has 0 aliphatic rings. The van der Waals surface area contributed by atoms with Gasteiger partial charge in [0.2, 0.25) is 5.91 Å². The van der Waals surface area contributed by atoms with Crippen LogP contribution >= 0.6 is 11.6 Å². The highest BCUT2D eigenvalue weighted by atomic mass is 35.5. The first-order chi connectivity index (χ1) is 14.5. The number of amides is 1. The van der Waals surface area contributed by atoms with Crippen molar-refractivity contribution in [3.63, 3.8) is 0 Å². The molecule has 0 aliphatic heterocycles. The van der Waals surface area contributed by atoms with E-state index in [0.29, 0.717) is 36.0 Å². The molecule has 0 fully saturated rings. The average Bonchev–Trinajstić information content (AvgIpc) is 3.31. The van der Waals surface area contributed by atoms with Gasteiger partial charge in [-0.2, -0.15) is 14.9 Å². The molecule has 9 heteroatoms. The number of carbonyl (C=O) groups excluding carboxylic acids is 1. The molecule has 154 valence electrons. The van der Waals surface area contributed by atoms with Crippen LogP contribution < -0.4 is 5.32 Å². The Balaban J connectivity index is 1.80. The molecule has 3 aromatic heterocycles. The van der Waals surface area contributed by atoms with Gasteiger partial charge in [0.05, 0.1) is 23.0 Å². The first-order valence-electron chi connectivity index (χ1n) is 9.67. The summed E-state index contributed by atoms with van der Waals surface area (Å²) in [6, 6.07) is 7.88. The number of halogens is 1. The second-order valence-corrected chi connectivity index (χ2v) is 7.51. The Morgan fingerprint density at radius 1 is 1.17 bits per heavy atom. The number of rotatable bonds is 6. The molecule has 4 aromatic rings. The summed E-state index contributed by atoms with van der Waals surface area (Å²) in [5.41, 5.74) is 4.69. The lowest BCUT2D eigenvalue weighted by Gasteiger charge is -2.10. The van der Waals surface area contributed by atoms with E-state index in [1.165, 1.54) is 11.9 Å². The van der Waals surface area contributed by atoms with E-state index in [1.54, 1.807) is 15.6 Å². The first kappa shape index (κ1) is 20.0. The first-order valence-corrected chi connectivity index (χ1v) is 10.2. The van der Waals surface area contributed by atoms with Crippen LogP contribution in [0.25, 0.3) is 22.5 Å². The van der Waals surface area contributed by atoms with Gasteiger partial charge in [-0.05, 0) is 44.4 Å². The van der Waals surface area contributed by atoms with Crippen LogP contribution in [0, 0.1) is 20.8 Å². The number of carbonyl (C=O) groups is 1. The van der Waals surface area contributed by atoms with Crippen LogP contribution in [0.2, 0.25) is 0 Å². The van der Waals surface area contributed by atoms with E-state index in [9.17, 15) is 4.79 Å². The average molecular weight is 424 g/mol. The molecule has 30 heavy (non-hydrogen) atoms. The maximum atomic E-state index is 12.2. The van der Waals surface area contributed by atoms with Crippen LogP contribution in [0.5, 0.6) is 0 Å². The number of anilines is 1. The topological polar surface area (TPSA) is 90.5 Å². The second kappa shape index (κ2) is 8.23. The van der Waals surface area contributed by atoms with Crippen LogP contribution in [-0.4, -0.2) is 41.3 Å². The lowest BCUT2D eigenvalue weighted by molar-refractivity contribution is -0.116. The summed E-state index contributed by atoms with van der Waals surface area (Å²) >= 11 is 5.70. The summed E-state index contributed by atoms with van der Waals surface area (Å²) in [7, 11) is 0. The molecular weight excluding hydrogens is 402 g/mol. The van der Waals surface area contributed by atoms with Crippen molar-refractivity contribution in [3.8, 4) is 11.5 Å². The number of nitrogens with zero attached hydrogens (tertiary/aromatic N) is 6. The molecule has 0 radical (unpaired) electrons. The van der Waals surface area contributed by atoms with Crippen molar-refractivity contribution in [3.05, 3.63) is 53.6 Å². The van der Waals surface area contributed by atoms with Crippen LogP contribution in [0.1, 0.15) is 29.7 Å². The highest BCUT2D eigenvalue weighted by Gasteiger charge is 2.18. The third-order valence-corrected chi connectivity index (χ3v) is 5.25. The van der Waals surface area contributed by atoms with Crippen LogP contribution in [0.4, 0.5) is 5.82 Å². The van der Waals surface area contributed by atoms with Crippen molar-refractivity contribution in [1.29, 1.82) is 0 Å². The molecule has 3 heterocycles. The fourth-order valence-corrected chi connectivity index (χ4v) is 3.46. The fourth-order valence-electron chi connectivity index (χ4n) is 3.32. The minimum Gasteiger partial charge on any atom is -0.311 e. The number of alkyl halides is 1. The third kappa shape index (κ3) is 3.66. The molecular formula is C21H22ClN7O. The number of nitrogens with one attached hydrogen (secondary N) is 1. The molecule has 1 amide bonds. The Hall–Kier alpha value is -3.26. The highest BCUT2D eigenvalue weighted by molar-refractivity contribution is 6.18. The van der Waals surface area contributed by atoms with Crippen molar-refractivity contribution in [2.45, 2.75) is 33.6 Å². The van der Waals surface area contributed by atoms with Gasteiger partial charge in [-0.25, -0.2) is 14.6 Å². The molecule has 0 saturated heterocycles. The minimum atomic E-state index is -0.117. The normalized spacial score (nSPS) is 11.2. The van der Waals surface area contributed by atoms with Crippen molar-refractivity contribution >= 4 is 34.4 Å². The van der Waals surface area contributed by atoms with Gasteiger partial charge in [-0.3, -0.25) is 4.79 Å². The number of hydrogen-bond donors (Lipinski definition) is 1. The van der Waals surface area contributed by atoms with Crippen LogP contribution in [0.3, 0.4) is 0 Å². The summed E-state index contributed by atoms with van der Waals surface area (Å²) in [5.74, 6) is 1.42. The number of fused-ring (bicyclic) bond motifs is 1. The van der Waals surface area contributed by atoms with Crippen molar-refractivity contribution in [1.82, 2.24) is 29.5 Å². The van der Waals surface area contributed by atoms with Gasteiger partial charge in [0, 0.05) is 18.4 Å². The predicted molar refractivity (Wildman–Crippen MR) is 117 cm³/mol. The number of aryl methyl sites for hydroxylation is 2. The van der Waals surface area contributed by atoms with Crippen LogP contribution in [-0.2, 0) is 4.79 Å². The molecule has 0 atom stereocenters. The molecule has 1 N–H and O–H groups in total. The minimum absolute atomic E-state index is 0.117. The summed E-state index contributed by atoms with van der Waals surface area (Å²) in [6.07, 6.45) is 4.16. The SMILES string of the molecule is Cc1cc(NC(=O)CCCCl)n(-c2ncnc3c2cnn3-c2cccc(C)c2C)n1. The Bertz CT molecular complexity index is 1230. The van der Waals surface area contributed by atoms with Crippen LogP contribution in [0.15, 0.2) is 36.8 Å². The highest BCUT2D eigenvalue weighted by Crippen LogP contribution is 2.26. The number of aromatic nitrogens is 6. The lowest BCUT2D eigenvalue weighted by Crippen LogP contribution is -2.15. The third-order valence-electron chi connectivity index (χ3n) is 4.99. The van der Waals surface area contributed by atoms with E-state index >= 15 is 0 Å². The maximum absolute atomic E-state index is 12.2. The fraction of sp³-hybridized carbons (Fsp3) is 0.286. The van der Waals surface area contributed by atoms with Gasteiger partial charge in [0.25, 0.3) is 0 Å². The Morgan fingerprint density at radius 3 is 2.80 bits per heavy atom. The van der Waals surface area contributed by atoms with E-state index in [4.69, 9.17) is 11.6 Å². The van der Waals surface area contributed by atoms with Gasteiger partial charge in [-0.15, -0.1) is 11.6 Å². The van der Waals surface area contributed by atoms with Gasteiger partial charge in [0.1, 0.15) is 12.1 Å². The van der Waals surface area contributed by atoms with E-state index in [2.05, 4.69) is 45.4 Å². The standard InChI is InChI=1S/C21H22ClN7O/c1-13-6-4-7-17(15(13)3)28-20-16(11-25-28)21(24-12-23-20)29-18(10-14(2)27-29)26-19(30)8-5-9-22/h4,6-7,10-12H,5,8-9H2,1-3H3,(H,26,30). The van der Waals surface area contributed by atoms with Gasteiger partial charge in [-0.1, -0.05) is 12.1 Å². The summed E-state index contributed by atoms with van der Waals surface area (Å²) in [5, 5.41) is 12.7. The van der Waals surface area contributed by atoms with Crippen molar-refractivity contribution in [2.24, 2.45) is 0 Å². The van der Waals surface area contributed by atoms with E-state index in [-0.39, 0.29) is 5.91 Å². The Morgan fingerprint density at radius 2 is 2.00 bits per heavy atom. The molecule has 1 aromatic carbocycles. The van der Waals surface area contributed by atoms with E-state index in [1.807, 2.05) is 25.1 Å². The quantitative estimate of drug-likeness (QED) is 0.475. The molecule has 0 saturated carbocycles. The Labute approximate surface area is 178 Å². The molecule has 0 spiro atoms. The number of hydrogen-bond acceptors (Lipinski definition) is 5. The maximum Gasteiger partial charge on any atom is 0.225 e. The predicted octanol–water partition coefficient (Wildman–Crippen LogP) is 3.88. The number of benzene rings is 1. The van der Waals surface area contributed by atoms with E-state index in [0.717, 1.165) is 22.3 Å². The summed E-state index contributed by atoms with van der Waals surface area (Å²) < 4.78 is 3.42. The second-order valence-electron chi connectivity index (χ2n) is 7.13. The van der Waals surface area contributed by atoms with E-state index < -0.39 is 0 Å². The van der Waals surface area contributed by atoms with Gasteiger partial charge < -0.3 is 5.32 Å². The largest absolute Gasteiger partial charge is 0.311 e. The smallest absolute Gasteiger partial charge is 0.225 e. The summed E-state index contributed by atoms with van der Waals surface area (Å²) in [4.78, 5) is 21.1. The molecule has 0 aliphatic carbocycles. The zero-order valence-corrected chi connectivity index (χ0v) is 17.8. The molecule has 4 rings (SSSR count). The van der Waals surface area contributed by atoms with Gasteiger partial charge >= 0.3 is 0 Å². The molecule has 0 bridgehead atoms. The zero-order valence-electron chi connectivity index (χ0n) is 17.1. The van der Waals surface area contributed by atoms with Crippen molar-refractivity contribution in [2.75, 3.05) is 11.2 Å². The lowest BCUT2D eigenvalue weighted by atomic mass is 10.1. The molecule has 0 unspecified atom stereocenters.